The maximum Gasteiger partial charge on any atom is 0.306 e. The third-order valence-corrected chi connectivity index (χ3v) is 16.9. The highest BCUT2D eigenvalue weighted by atomic mass is 16.7. The zero-order chi connectivity index (χ0) is 64.7. The molecule has 9 nitrogen and oxygen atoms in total. The standard InChI is InChI=1S/C80H145NO8/c1-6-8-10-12-14-16-18-20-22-24-26-28-30-32-34-35-36-37-38-39-40-41-42-43-45-47-49-51-53-55-57-59-61-63-65-67-69-71-78(83)89-76(75-88-80(79(84)85)86-73-72-81(3,4)5)74-87-77(82)70-68-66-64-62-60-58-56-54-52-50-48-46-44-33-31-29-27-25-23-21-19-17-15-13-11-9-7-2/h18-21,24-27,30-33,76,80H,6-17,22-23,28-29,34-75H2,1-5H3/b20-18-,21-19-,26-24-,27-25-,32-30-,33-31-. The first-order valence-electron chi connectivity index (χ1n) is 38.1. The van der Waals surface area contributed by atoms with Crippen LogP contribution in [0.25, 0.3) is 0 Å². The highest BCUT2D eigenvalue weighted by molar-refractivity contribution is 5.70. The Balaban J connectivity index is 4.03. The number of carboxylic acid groups (broad SMARTS) is 1. The molecule has 0 spiro atoms. The molecule has 0 fully saturated rings. The van der Waals surface area contributed by atoms with Crippen molar-refractivity contribution in [2.45, 2.75) is 373 Å². The minimum atomic E-state index is -1.62. The van der Waals surface area contributed by atoms with E-state index in [1.54, 1.807) is 0 Å². The Hall–Kier alpha value is -3.27. The number of carbonyl (C=O) groups excluding carboxylic acids is 3. The molecule has 0 aromatic heterocycles. The van der Waals surface area contributed by atoms with E-state index in [0.29, 0.717) is 23.9 Å². The number of nitrogens with zero attached hydrogens (tertiary/aromatic N) is 1. The monoisotopic (exact) mass is 1250 g/mol. The molecule has 0 aromatic rings. The number of ether oxygens (including phenoxy) is 4. The van der Waals surface area contributed by atoms with Crippen LogP contribution in [-0.4, -0.2) is 82.3 Å². The molecular formula is C80H145NO8. The minimum Gasteiger partial charge on any atom is -0.545 e. The molecule has 0 radical (unpaired) electrons. The lowest BCUT2D eigenvalue weighted by Crippen LogP contribution is -2.44. The summed E-state index contributed by atoms with van der Waals surface area (Å²) in [4.78, 5) is 37.6. The summed E-state index contributed by atoms with van der Waals surface area (Å²) in [5.74, 6) is -2.27. The normalized spacial score (nSPS) is 13.0. The van der Waals surface area contributed by atoms with Crippen molar-refractivity contribution in [1.82, 2.24) is 0 Å². The van der Waals surface area contributed by atoms with Gasteiger partial charge in [0.15, 0.2) is 12.4 Å². The van der Waals surface area contributed by atoms with Crippen LogP contribution in [-0.2, 0) is 33.3 Å². The Morgan fingerprint density at radius 1 is 0.337 bits per heavy atom. The molecule has 89 heavy (non-hydrogen) atoms. The summed E-state index contributed by atoms with van der Waals surface area (Å²) in [6.45, 7) is 4.77. The van der Waals surface area contributed by atoms with E-state index in [2.05, 4.69) is 86.8 Å². The first-order chi connectivity index (χ1) is 43.6. The highest BCUT2D eigenvalue weighted by Gasteiger charge is 2.22. The van der Waals surface area contributed by atoms with Crippen molar-refractivity contribution in [2.75, 3.05) is 47.5 Å². The van der Waals surface area contributed by atoms with E-state index in [0.717, 1.165) is 57.8 Å². The predicted molar refractivity (Wildman–Crippen MR) is 380 cm³/mol. The Morgan fingerprint density at radius 3 is 0.899 bits per heavy atom. The number of likely N-dealkylation sites (N-methyl/N-ethyl adjacent to an activating group) is 1. The molecule has 0 N–H and O–H groups in total. The summed E-state index contributed by atoms with van der Waals surface area (Å²) in [5.41, 5.74) is 0. The van der Waals surface area contributed by atoms with Gasteiger partial charge < -0.3 is 33.3 Å². The van der Waals surface area contributed by atoms with E-state index in [1.807, 2.05) is 21.1 Å². The fourth-order valence-corrected chi connectivity index (χ4v) is 11.1. The van der Waals surface area contributed by atoms with Gasteiger partial charge in [-0.25, -0.2) is 0 Å². The Labute approximate surface area is 551 Å². The zero-order valence-corrected chi connectivity index (χ0v) is 59.3. The zero-order valence-electron chi connectivity index (χ0n) is 59.3. The molecule has 518 valence electrons. The van der Waals surface area contributed by atoms with Gasteiger partial charge in [0.05, 0.1) is 40.3 Å². The summed E-state index contributed by atoms with van der Waals surface area (Å²) in [5, 5.41) is 11.8. The predicted octanol–water partition coefficient (Wildman–Crippen LogP) is 22.7. The van der Waals surface area contributed by atoms with Crippen molar-refractivity contribution in [3.63, 3.8) is 0 Å². The average Bonchev–Trinajstić information content (AvgIpc) is 3.70. The van der Waals surface area contributed by atoms with Gasteiger partial charge in [0.25, 0.3) is 0 Å². The number of unbranched alkanes of at least 4 members (excludes halogenated alkanes) is 44. The summed E-state index contributed by atoms with van der Waals surface area (Å²) >= 11 is 0. The highest BCUT2D eigenvalue weighted by Crippen LogP contribution is 2.18. The molecule has 9 heteroatoms. The van der Waals surface area contributed by atoms with Crippen LogP contribution in [0.15, 0.2) is 72.9 Å². The summed E-state index contributed by atoms with van der Waals surface area (Å²) in [6, 6.07) is 0. The maximum absolute atomic E-state index is 13.0. The smallest absolute Gasteiger partial charge is 0.306 e. The van der Waals surface area contributed by atoms with Gasteiger partial charge in [-0.1, -0.05) is 331 Å². The number of carboxylic acids is 1. The largest absolute Gasteiger partial charge is 0.545 e. The molecule has 2 unspecified atom stereocenters. The lowest BCUT2D eigenvalue weighted by Gasteiger charge is -2.26. The fourth-order valence-electron chi connectivity index (χ4n) is 11.1. The summed E-state index contributed by atoms with van der Waals surface area (Å²) < 4.78 is 22.8. The lowest BCUT2D eigenvalue weighted by molar-refractivity contribution is -0.870. The molecule has 0 amide bonds. The van der Waals surface area contributed by atoms with Crippen LogP contribution in [0.5, 0.6) is 0 Å². The maximum atomic E-state index is 13.0. The van der Waals surface area contributed by atoms with Crippen LogP contribution in [0, 0.1) is 0 Å². The Kier molecular flexibility index (Phi) is 68.0. The lowest BCUT2D eigenvalue weighted by atomic mass is 10.0. The van der Waals surface area contributed by atoms with Gasteiger partial charge in [0, 0.05) is 12.8 Å². The fraction of sp³-hybridized carbons (Fsp3) is 0.812. The van der Waals surface area contributed by atoms with Crippen molar-refractivity contribution in [3.8, 4) is 0 Å². The van der Waals surface area contributed by atoms with Crippen LogP contribution in [0.1, 0.15) is 361 Å². The van der Waals surface area contributed by atoms with Crippen LogP contribution >= 0.6 is 0 Å². The van der Waals surface area contributed by atoms with E-state index >= 15 is 0 Å². The van der Waals surface area contributed by atoms with Gasteiger partial charge in [-0.2, -0.15) is 0 Å². The molecule has 2 atom stereocenters. The van der Waals surface area contributed by atoms with Gasteiger partial charge in [-0.3, -0.25) is 9.59 Å². The SMILES string of the molecule is CCCCCCC/C=C\C/C=C\C/C=C\CCCCCCCCCCCCCCCCCCCCCCCCC(=O)OC(COC(=O)CCCCCCCCCCCCCC/C=C\C/C=C\C/C=C\CCCCCCC)COC(OCC[N+](C)(C)C)C(=O)[O-]. The van der Waals surface area contributed by atoms with Gasteiger partial charge in [-0.15, -0.1) is 0 Å². The molecule has 0 aromatic carbocycles. The van der Waals surface area contributed by atoms with Crippen LogP contribution < -0.4 is 5.11 Å². The van der Waals surface area contributed by atoms with Crippen molar-refractivity contribution in [2.24, 2.45) is 0 Å². The number of rotatable bonds is 71. The summed E-state index contributed by atoms with van der Waals surface area (Å²) in [7, 11) is 5.94. The molecule has 0 saturated heterocycles. The van der Waals surface area contributed by atoms with E-state index in [-0.39, 0.29) is 32.2 Å². The van der Waals surface area contributed by atoms with Gasteiger partial charge in [-0.05, 0) is 89.9 Å². The van der Waals surface area contributed by atoms with Gasteiger partial charge in [0.2, 0.25) is 0 Å². The molecule has 0 aliphatic rings. The second kappa shape index (κ2) is 70.6. The summed E-state index contributed by atoms with van der Waals surface area (Å²) in [6.07, 6.45) is 91.5. The van der Waals surface area contributed by atoms with E-state index in [1.165, 1.54) is 270 Å². The molecule has 0 aliphatic carbocycles. The molecule has 0 saturated carbocycles. The van der Waals surface area contributed by atoms with E-state index < -0.39 is 24.3 Å². The third kappa shape index (κ3) is 72.0. The van der Waals surface area contributed by atoms with Crippen molar-refractivity contribution >= 4 is 17.9 Å². The Bertz CT molecular complexity index is 1690. The van der Waals surface area contributed by atoms with Crippen molar-refractivity contribution < 1.29 is 42.9 Å². The van der Waals surface area contributed by atoms with E-state index in [4.69, 9.17) is 18.9 Å². The topological polar surface area (TPSA) is 111 Å². The number of esters is 2. The number of aliphatic carboxylic acids is 1. The number of carbonyl (C=O) groups is 3. The number of allylic oxidation sites excluding steroid dienone is 12. The average molecular weight is 1250 g/mol. The van der Waals surface area contributed by atoms with E-state index in [9.17, 15) is 19.5 Å². The van der Waals surface area contributed by atoms with Crippen molar-refractivity contribution in [3.05, 3.63) is 72.9 Å². The van der Waals surface area contributed by atoms with Gasteiger partial charge in [0.1, 0.15) is 13.2 Å². The molecule has 0 heterocycles. The number of hydrogen-bond donors (Lipinski definition) is 0. The first kappa shape index (κ1) is 85.7. The number of quaternary nitrogens is 1. The van der Waals surface area contributed by atoms with Crippen molar-refractivity contribution in [1.29, 1.82) is 0 Å². The molecule has 0 rings (SSSR count). The molecule has 0 aliphatic heterocycles. The van der Waals surface area contributed by atoms with Crippen LogP contribution in [0.3, 0.4) is 0 Å². The van der Waals surface area contributed by atoms with Crippen LogP contribution in [0.2, 0.25) is 0 Å². The second-order valence-corrected chi connectivity index (χ2v) is 26.9. The third-order valence-electron chi connectivity index (χ3n) is 16.9. The first-order valence-corrected chi connectivity index (χ1v) is 38.1. The Morgan fingerprint density at radius 2 is 0.607 bits per heavy atom. The van der Waals surface area contributed by atoms with Gasteiger partial charge >= 0.3 is 11.9 Å². The minimum absolute atomic E-state index is 0.147. The number of hydrogen-bond acceptors (Lipinski definition) is 8. The quantitative estimate of drug-likeness (QED) is 0.0195. The second-order valence-electron chi connectivity index (χ2n) is 26.9. The molecular weight excluding hydrogens is 1100 g/mol. The molecule has 0 bridgehead atoms. The van der Waals surface area contributed by atoms with Crippen LogP contribution in [0.4, 0.5) is 0 Å².